The number of anilines is 1. The minimum Gasteiger partial charge on any atom is -0.394 e. The highest BCUT2D eigenvalue weighted by molar-refractivity contribution is 9.10. The van der Waals surface area contributed by atoms with Crippen LogP contribution in [-0.4, -0.2) is 29.5 Å². The zero-order chi connectivity index (χ0) is 13.9. The van der Waals surface area contributed by atoms with Gasteiger partial charge in [-0.05, 0) is 12.1 Å². The van der Waals surface area contributed by atoms with Crippen molar-refractivity contribution < 1.29 is 23.4 Å². The number of benzene rings is 1. The minimum absolute atomic E-state index is 0.123. The summed E-state index contributed by atoms with van der Waals surface area (Å²) in [6.45, 7) is -0.788. The summed E-state index contributed by atoms with van der Waals surface area (Å²) in [7, 11) is 0. The lowest BCUT2D eigenvalue weighted by Crippen LogP contribution is -2.24. The van der Waals surface area contributed by atoms with Crippen LogP contribution in [0.1, 0.15) is 5.56 Å². The molecule has 0 radical (unpaired) electrons. The molecule has 0 amide bonds. The molecule has 0 aliphatic heterocycles. The summed E-state index contributed by atoms with van der Waals surface area (Å²) in [6.07, 6.45) is -5.73. The number of rotatable bonds is 4. The molecule has 0 saturated heterocycles. The molecule has 1 atom stereocenters. The number of alkyl halides is 3. The summed E-state index contributed by atoms with van der Waals surface area (Å²) >= 11 is 8.66. The number of aliphatic hydroxyl groups is 2. The maximum absolute atomic E-state index is 12.8. The summed E-state index contributed by atoms with van der Waals surface area (Å²) in [4.78, 5) is 0. The zero-order valence-corrected chi connectivity index (χ0v) is 11.3. The largest absolute Gasteiger partial charge is 0.418 e. The van der Waals surface area contributed by atoms with Crippen molar-refractivity contribution in [3.63, 3.8) is 0 Å². The molecule has 1 unspecified atom stereocenters. The van der Waals surface area contributed by atoms with Gasteiger partial charge in [0.1, 0.15) is 0 Å². The fourth-order valence-electron chi connectivity index (χ4n) is 1.26. The second kappa shape index (κ2) is 6.10. The Kier molecular flexibility index (Phi) is 5.27. The van der Waals surface area contributed by atoms with Crippen molar-refractivity contribution in [1.82, 2.24) is 0 Å². The van der Waals surface area contributed by atoms with Gasteiger partial charge in [-0.15, -0.1) is 0 Å². The van der Waals surface area contributed by atoms with Crippen molar-refractivity contribution in [2.75, 3.05) is 18.5 Å². The van der Waals surface area contributed by atoms with Crippen LogP contribution >= 0.6 is 27.5 Å². The number of hydrogen-bond donors (Lipinski definition) is 3. The molecule has 0 bridgehead atoms. The Bertz CT molecular complexity index is 428. The summed E-state index contributed by atoms with van der Waals surface area (Å²) in [6, 6.07) is 2.20. The van der Waals surface area contributed by atoms with E-state index in [2.05, 4.69) is 21.2 Å². The van der Waals surface area contributed by atoms with Crippen molar-refractivity contribution in [2.24, 2.45) is 0 Å². The van der Waals surface area contributed by atoms with Crippen molar-refractivity contribution in [3.8, 4) is 0 Å². The van der Waals surface area contributed by atoms with Gasteiger partial charge < -0.3 is 15.5 Å². The predicted molar refractivity (Wildman–Crippen MR) is 65.7 cm³/mol. The topological polar surface area (TPSA) is 52.5 Å². The molecule has 8 heteroatoms. The number of aliphatic hydroxyl groups excluding tert-OH is 2. The monoisotopic (exact) mass is 347 g/mol. The highest BCUT2D eigenvalue weighted by atomic mass is 79.9. The van der Waals surface area contributed by atoms with Crippen LogP contribution < -0.4 is 5.32 Å². The first kappa shape index (κ1) is 15.6. The Labute approximate surface area is 115 Å². The van der Waals surface area contributed by atoms with Crippen molar-refractivity contribution in [3.05, 3.63) is 27.2 Å². The SMILES string of the molecule is OCC(O)CNc1c(Cl)cc(Br)cc1C(F)(F)F. The van der Waals surface area contributed by atoms with Crippen molar-refractivity contribution >= 4 is 33.2 Å². The van der Waals surface area contributed by atoms with Crippen LogP contribution in [0, 0.1) is 0 Å². The fourth-order valence-corrected chi connectivity index (χ4v) is 2.14. The molecule has 18 heavy (non-hydrogen) atoms. The molecule has 0 aliphatic rings. The quantitative estimate of drug-likeness (QED) is 0.784. The molecule has 1 aromatic carbocycles. The molecular weight excluding hydrogens is 338 g/mol. The first-order valence-electron chi connectivity index (χ1n) is 4.84. The third kappa shape index (κ3) is 4.01. The van der Waals surface area contributed by atoms with Gasteiger partial charge in [0.25, 0.3) is 0 Å². The van der Waals surface area contributed by atoms with Gasteiger partial charge in [-0.3, -0.25) is 0 Å². The van der Waals surface area contributed by atoms with E-state index in [1.807, 2.05) is 0 Å². The third-order valence-corrected chi connectivity index (χ3v) is 2.84. The molecule has 3 nitrogen and oxygen atoms in total. The van der Waals surface area contributed by atoms with E-state index in [-0.39, 0.29) is 21.7 Å². The summed E-state index contributed by atoms with van der Waals surface area (Å²) in [5.41, 5.74) is -1.26. The Hall–Kier alpha value is -0.500. The maximum Gasteiger partial charge on any atom is 0.418 e. The van der Waals surface area contributed by atoms with E-state index in [0.717, 1.165) is 6.07 Å². The summed E-state index contributed by atoms with van der Waals surface area (Å²) < 4.78 is 38.6. The average Bonchev–Trinajstić information content (AvgIpc) is 2.25. The average molecular weight is 349 g/mol. The molecule has 0 aromatic heterocycles. The number of hydrogen-bond acceptors (Lipinski definition) is 3. The normalized spacial score (nSPS) is 13.5. The molecule has 102 valence electrons. The van der Waals surface area contributed by atoms with E-state index < -0.39 is 24.5 Å². The number of nitrogens with one attached hydrogen (secondary N) is 1. The van der Waals surface area contributed by atoms with E-state index in [4.69, 9.17) is 21.8 Å². The van der Waals surface area contributed by atoms with Crippen molar-refractivity contribution in [1.29, 1.82) is 0 Å². The Morgan fingerprint density at radius 3 is 2.50 bits per heavy atom. The second-order valence-corrected chi connectivity index (χ2v) is 4.85. The van der Waals surface area contributed by atoms with Crippen LogP contribution in [0.25, 0.3) is 0 Å². The van der Waals surface area contributed by atoms with Crippen LogP contribution in [0.15, 0.2) is 16.6 Å². The first-order chi connectivity index (χ1) is 8.25. The van der Waals surface area contributed by atoms with Gasteiger partial charge in [0.15, 0.2) is 0 Å². The van der Waals surface area contributed by atoms with Gasteiger partial charge in [-0.1, -0.05) is 27.5 Å². The standard InChI is InChI=1S/C10H10BrClF3NO2/c11-5-1-7(10(13,14)15)9(8(12)2-5)16-3-6(18)4-17/h1-2,6,16-18H,3-4H2. The summed E-state index contributed by atoms with van der Waals surface area (Å²) in [5, 5.41) is 20.0. The molecule has 0 fully saturated rings. The Morgan fingerprint density at radius 1 is 1.39 bits per heavy atom. The third-order valence-electron chi connectivity index (χ3n) is 2.09. The maximum atomic E-state index is 12.8. The Balaban J connectivity index is 3.08. The van der Waals surface area contributed by atoms with Gasteiger partial charge in [-0.2, -0.15) is 13.2 Å². The smallest absolute Gasteiger partial charge is 0.394 e. The lowest BCUT2D eigenvalue weighted by atomic mass is 10.1. The zero-order valence-electron chi connectivity index (χ0n) is 8.93. The molecule has 0 spiro atoms. The fraction of sp³-hybridized carbons (Fsp3) is 0.400. The van der Waals surface area contributed by atoms with Gasteiger partial charge in [0.2, 0.25) is 0 Å². The van der Waals surface area contributed by atoms with E-state index >= 15 is 0 Å². The second-order valence-electron chi connectivity index (χ2n) is 3.53. The van der Waals surface area contributed by atoms with Gasteiger partial charge in [-0.25, -0.2) is 0 Å². The van der Waals surface area contributed by atoms with E-state index in [9.17, 15) is 13.2 Å². The van der Waals surface area contributed by atoms with E-state index in [1.165, 1.54) is 6.07 Å². The molecule has 0 heterocycles. The minimum atomic E-state index is -4.57. The highest BCUT2D eigenvalue weighted by Gasteiger charge is 2.35. The van der Waals surface area contributed by atoms with Crippen LogP contribution in [-0.2, 0) is 6.18 Å². The first-order valence-corrected chi connectivity index (χ1v) is 6.02. The molecule has 3 N–H and O–H groups in total. The molecular formula is C10H10BrClF3NO2. The molecule has 1 rings (SSSR count). The van der Waals surface area contributed by atoms with E-state index in [0.29, 0.717) is 0 Å². The van der Waals surface area contributed by atoms with Gasteiger partial charge in [0, 0.05) is 11.0 Å². The van der Waals surface area contributed by atoms with Crippen LogP contribution in [0.2, 0.25) is 5.02 Å². The van der Waals surface area contributed by atoms with Crippen LogP contribution in [0.4, 0.5) is 18.9 Å². The van der Waals surface area contributed by atoms with Gasteiger partial charge in [0.05, 0.1) is 29.0 Å². The lowest BCUT2D eigenvalue weighted by molar-refractivity contribution is -0.137. The van der Waals surface area contributed by atoms with Gasteiger partial charge >= 0.3 is 6.18 Å². The lowest BCUT2D eigenvalue weighted by Gasteiger charge is -2.18. The van der Waals surface area contributed by atoms with Crippen LogP contribution in [0.5, 0.6) is 0 Å². The molecule has 0 aliphatic carbocycles. The highest BCUT2D eigenvalue weighted by Crippen LogP contribution is 2.40. The predicted octanol–water partition coefficient (Wildman–Crippen LogP) is 2.89. The van der Waals surface area contributed by atoms with E-state index in [1.54, 1.807) is 0 Å². The van der Waals surface area contributed by atoms with Crippen molar-refractivity contribution in [2.45, 2.75) is 12.3 Å². The molecule has 0 saturated carbocycles. The Morgan fingerprint density at radius 2 is 2.00 bits per heavy atom. The number of halogens is 5. The molecule has 1 aromatic rings. The summed E-state index contributed by atoms with van der Waals surface area (Å²) in [5.74, 6) is 0. The van der Waals surface area contributed by atoms with Crippen LogP contribution in [0.3, 0.4) is 0 Å².